The van der Waals surface area contributed by atoms with Crippen molar-refractivity contribution in [2.45, 2.75) is 6.23 Å². The van der Waals surface area contributed by atoms with Crippen LogP contribution >= 0.6 is 31.9 Å². The van der Waals surface area contributed by atoms with Crippen molar-refractivity contribution in [3.8, 4) is 0 Å². The van der Waals surface area contributed by atoms with E-state index in [0.29, 0.717) is 5.56 Å². The molecule has 0 unspecified atom stereocenters. The summed E-state index contributed by atoms with van der Waals surface area (Å²) in [4.78, 5) is 14.8. The molecule has 1 aromatic carbocycles. The van der Waals surface area contributed by atoms with Crippen LogP contribution in [0.15, 0.2) is 45.5 Å². The summed E-state index contributed by atoms with van der Waals surface area (Å²) >= 11 is 6.82. The number of esters is 1. The summed E-state index contributed by atoms with van der Waals surface area (Å²) in [6.45, 7) is 0. The number of fused-ring (bicyclic) bond motifs is 1. The summed E-state index contributed by atoms with van der Waals surface area (Å²) in [5.41, 5.74) is 1.45. The lowest BCUT2D eigenvalue weighted by molar-refractivity contribution is -0.363. The predicted octanol–water partition coefficient (Wildman–Crippen LogP) is 3.31. The molecular weight excluding hydrogens is 376 g/mol. The van der Waals surface area contributed by atoms with Gasteiger partial charge >= 0.3 is 5.97 Å². The van der Waals surface area contributed by atoms with Crippen LogP contribution in [0, 0.1) is 0 Å². The molecule has 96 valence electrons. The Morgan fingerprint density at radius 2 is 2.05 bits per heavy atom. The quantitative estimate of drug-likeness (QED) is 0.808. The van der Waals surface area contributed by atoms with Crippen LogP contribution in [0.3, 0.4) is 0 Å². The number of benzene rings is 1. The molecule has 1 atom stereocenters. The molecule has 3 rings (SSSR count). The average Bonchev–Trinajstić information content (AvgIpc) is 2.71. The third-order valence-electron chi connectivity index (χ3n) is 2.82. The standard InChI is InChI=1S/C13H8Br2N2O2/c14-7-5-10(15)11(16-6-7)17-12-8-3-1-2-4-9(8)13(18)19-12/h1-6,12H,(H,16,17)/p+1/t12-/m0/s1. The lowest BCUT2D eigenvalue weighted by Crippen LogP contribution is -2.18. The number of hydrogen-bond donors (Lipinski definition) is 1. The molecule has 1 aromatic heterocycles. The van der Waals surface area contributed by atoms with E-state index in [4.69, 9.17) is 4.74 Å². The first-order valence-electron chi connectivity index (χ1n) is 5.58. The monoisotopic (exact) mass is 383 g/mol. The van der Waals surface area contributed by atoms with Gasteiger partial charge in [-0.15, -0.1) is 0 Å². The molecule has 2 heterocycles. The van der Waals surface area contributed by atoms with Gasteiger partial charge in [0.2, 0.25) is 0 Å². The van der Waals surface area contributed by atoms with Crippen LogP contribution in [0.2, 0.25) is 0 Å². The number of ether oxygens (including phenoxy) is 1. The number of hydrogen-bond acceptors (Lipinski definition) is 3. The second kappa shape index (κ2) is 4.94. The molecule has 0 radical (unpaired) electrons. The highest BCUT2D eigenvalue weighted by Crippen LogP contribution is 2.32. The molecule has 0 saturated carbocycles. The molecule has 1 aliphatic heterocycles. The van der Waals surface area contributed by atoms with Gasteiger partial charge in [0.05, 0.1) is 15.6 Å². The van der Waals surface area contributed by atoms with Gasteiger partial charge in [-0.05, 0) is 44.0 Å². The summed E-state index contributed by atoms with van der Waals surface area (Å²) in [5.74, 6) is 0.444. The molecule has 0 spiro atoms. The number of nitrogens with one attached hydrogen (secondary N) is 2. The van der Waals surface area contributed by atoms with Crippen molar-refractivity contribution in [1.82, 2.24) is 0 Å². The Bertz CT molecular complexity index is 661. The largest absolute Gasteiger partial charge is 0.414 e. The van der Waals surface area contributed by atoms with E-state index in [1.807, 2.05) is 24.3 Å². The van der Waals surface area contributed by atoms with E-state index < -0.39 is 6.23 Å². The maximum atomic E-state index is 11.7. The number of rotatable bonds is 2. The number of halogens is 2. The summed E-state index contributed by atoms with van der Waals surface area (Å²) in [6.07, 6.45) is 1.33. The molecule has 0 fully saturated rings. The molecule has 6 heteroatoms. The fraction of sp³-hybridized carbons (Fsp3) is 0.0769. The zero-order valence-corrected chi connectivity index (χ0v) is 12.8. The van der Waals surface area contributed by atoms with Crippen LogP contribution in [-0.2, 0) is 4.74 Å². The van der Waals surface area contributed by atoms with Crippen LogP contribution in [0.1, 0.15) is 22.1 Å². The first-order chi connectivity index (χ1) is 9.15. The van der Waals surface area contributed by atoms with Crippen molar-refractivity contribution < 1.29 is 14.5 Å². The van der Waals surface area contributed by atoms with Crippen molar-refractivity contribution >= 4 is 43.6 Å². The number of aromatic nitrogens is 1. The van der Waals surface area contributed by atoms with E-state index in [0.717, 1.165) is 20.3 Å². The molecule has 0 saturated heterocycles. The third kappa shape index (κ3) is 2.37. The van der Waals surface area contributed by atoms with Gasteiger partial charge in [0, 0.05) is 0 Å². The van der Waals surface area contributed by atoms with Crippen molar-refractivity contribution in [2.75, 3.05) is 5.32 Å². The second-order valence-electron chi connectivity index (χ2n) is 4.06. The topological polar surface area (TPSA) is 52.5 Å². The van der Waals surface area contributed by atoms with E-state index in [9.17, 15) is 4.79 Å². The number of aromatic amines is 1. The highest BCUT2D eigenvalue weighted by molar-refractivity contribution is 9.11. The summed E-state index contributed by atoms with van der Waals surface area (Å²) in [7, 11) is 0. The minimum absolute atomic E-state index is 0.304. The maximum absolute atomic E-state index is 11.7. The molecule has 0 bridgehead atoms. The van der Waals surface area contributed by atoms with E-state index in [2.05, 4.69) is 42.2 Å². The number of H-pyrrole nitrogens is 1. The van der Waals surface area contributed by atoms with Gasteiger partial charge < -0.3 is 4.74 Å². The van der Waals surface area contributed by atoms with E-state index >= 15 is 0 Å². The lowest BCUT2D eigenvalue weighted by atomic mass is 10.1. The SMILES string of the molecule is O=C1O[C@H](Nc2[nH+]cc(Br)cc2Br)c2ccccc21. The predicted molar refractivity (Wildman–Crippen MR) is 76.6 cm³/mol. The first kappa shape index (κ1) is 12.6. The molecule has 19 heavy (non-hydrogen) atoms. The summed E-state index contributed by atoms with van der Waals surface area (Å²) < 4.78 is 7.09. The van der Waals surface area contributed by atoms with Gasteiger partial charge in [0.25, 0.3) is 12.0 Å². The molecule has 0 amide bonds. The highest BCUT2D eigenvalue weighted by atomic mass is 79.9. The molecule has 2 N–H and O–H groups in total. The Kier molecular flexibility index (Phi) is 3.28. The minimum atomic E-state index is -0.475. The van der Waals surface area contributed by atoms with Crippen LogP contribution in [-0.4, -0.2) is 5.97 Å². The number of carbonyl (C=O) groups is 1. The van der Waals surface area contributed by atoms with Crippen molar-refractivity contribution in [2.24, 2.45) is 0 Å². The van der Waals surface area contributed by atoms with E-state index in [1.54, 1.807) is 12.3 Å². The number of cyclic esters (lactones) is 1. The number of anilines is 1. The molecule has 1 aliphatic rings. The fourth-order valence-corrected chi connectivity index (χ4v) is 3.07. The van der Waals surface area contributed by atoms with Gasteiger partial charge in [0.15, 0.2) is 0 Å². The minimum Gasteiger partial charge on any atom is -0.414 e. The number of pyridine rings is 1. The van der Waals surface area contributed by atoms with Gasteiger partial charge in [-0.3, -0.25) is 0 Å². The summed E-state index contributed by atoms with van der Waals surface area (Å²) in [6, 6.07) is 9.26. The Morgan fingerprint density at radius 1 is 1.26 bits per heavy atom. The van der Waals surface area contributed by atoms with E-state index in [1.165, 1.54) is 0 Å². The van der Waals surface area contributed by atoms with Crippen molar-refractivity contribution in [3.05, 3.63) is 56.6 Å². The Balaban J connectivity index is 1.91. The van der Waals surface area contributed by atoms with E-state index in [-0.39, 0.29) is 5.97 Å². The normalized spacial score (nSPS) is 16.9. The fourth-order valence-electron chi connectivity index (χ4n) is 1.94. The van der Waals surface area contributed by atoms with Crippen molar-refractivity contribution in [3.63, 3.8) is 0 Å². The van der Waals surface area contributed by atoms with Crippen LogP contribution < -0.4 is 10.3 Å². The van der Waals surface area contributed by atoms with Gasteiger partial charge in [-0.1, -0.05) is 18.2 Å². The highest BCUT2D eigenvalue weighted by Gasteiger charge is 2.34. The zero-order chi connectivity index (χ0) is 13.4. The lowest BCUT2D eigenvalue weighted by Gasteiger charge is -2.08. The van der Waals surface area contributed by atoms with Crippen molar-refractivity contribution in [1.29, 1.82) is 0 Å². The Labute approximate surface area is 126 Å². The van der Waals surface area contributed by atoms with Crippen LogP contribution in [0.4, 0.5) is 5.82 Å². The molecule has 4 nitrogen and oxygen atoms in total. The van der Waals surface area contributed by atoms with Gasteiger partial charge in [-0.2, -0.15) is 0 Å². The average molecular weight is 385 g/mol. The van der Waals surface area contributed by atoms with Gasteiger partial charge in [0.1, 0.15) is 10.7 Å². The first-order valence-corrected chi connectivity index (χ1v) is 7.17. The summed E-state index contributed by atoms with van der Waals surface area (Å²) in [5, 5.41) is 3.16. The molecule has 0 aliphatic carbocycles. The van der Waals surface area contributed by atoms with Gasteiger partial charge in [-0.25, -0.2) is 15.1 Å². The van der Waals surface area contributed by atoms with Crippen LogP contribution in [0.25, 0.3) is 0 Å². The number of carbonyl (C=O) groups excluding carboxylic acids is 1. The third-order valence-corrected chi connectivity index (χ3v) is 3.90. The second-order valence-corrected chi connectivity index (χ2v) is 5.83. The van der Waals surface area contributed by atoms with Crippen LogP contribution in [0.5, 0.6) is 0 Å². The molecular formula is C13H9Br2N2O2+. The Morgan fingerprint density at radius 3 is 2.84 bits per heavy atom. The zero-order valence-electron chi connectivity index (χ0n) is 9.61. The maximum Gasteiger partial charge on any atom is 0.342 e. The smallest absolute Gasteiger partial charge is 0.342 e. The Hall–Kier alpha value is -1.40. The molecule has 2 aromatic rings.